The van der Waals surface area contributed by atoms with Crippen LogP contribution in [0.15, 0.2) is 18.2 Å². The normalized spacial score (nSPS) is 29.0. The second kappa shape index (κ2) is 5.05. The van der Waals surface area contributed by atoms with Crippen LogP contribution in [0.3, 0.4) is 0 Å². The fourth-order valence-electron chi connectivity index (χ4n) is 3.53. The SMILES string of the molecule is CN1CC(CN)CC1c1ccc2c(c1)OC(C)(C)CC2. The van der Waals surface area contributed by atoms with Crippen molar-refractivity contribution in [3.63, 3.8) is 0 Å². The molecule has 1 aromatic rings. The highest BCUT2D eigenvalue weighted by molar-refractivity contribution is 5.41. The number of rotatable bonds is 2. The van der Waals surface area contributed by atoms with Gasteiger partial charge in [0.05, 0.1) is 0 Å². The summed E-state index contributed by atoms with van der Waals surface area (Å²) in [5, 5.41) is 0. The molecule has 2 N–H and O–H groups in total. The molecule has 0 aromatic heterocycles. The van der Waals surface area contributed by atoms with Gasteiger partial charge in [-0.05, 0) is 69.8 Å². The van der Waals surface area contributed by atoms with Crippen LogP contribution in [-0.4, -0.2) is 30.6 Å². The fraction of sp³-hybridized carbons (Fsp3) is 0.647. The minimum atomic E-state index is -0.0347. The summed E-state index contributed by atoms with van der Waals surface area (Å²) >= 11 is 0. The molecule has 2 atom stereocenters. The fourth-order valence-corrected chi connectivity index (χ4v) is 3.53. The van der Waals surface area contributed by atoms with E-state index in [1.165, 1.54) is 11.1 Å². The highest BCUT2D eigenvalue weighted by atomic mass is 16.5. The Morgan fingerprint density at radius 2 is 2.20 bits per heavy atom. The molecule has 2 unspecified atom stereocenters. The van der Waals surface area contributed by atoms with Crippen molar-refractivity contribution in [2.24, 2.45) is 11.7 Å². The van der Waals surface area contributed by atoms with Gasteiger partial charge in [-0.3, -0.25) is 4.90 Å². The summed E-state index contributed by atoms with van der Waals surface area (Å²) in [5.41, 5.74) is 8.52. The number of nitrogens with zero attached hydrogens (tertiary/aromatic N) is 1. The van der Waals surface area contributed by atoms with E-state index in [1.54, 1.807) is 0 Å². The van der Waals surface area contributed by atoms with E-state index in [0.717, 1.165) is 38.1 Å². The van der Waals surface area contributed by atoms with Gasteiger partial charge < -0.3 is 10.5 Å². The molecule has 0 saturated carbocycles. The van der Waals surface area contributed by atoms with Gasteiger partial charge in [0.15, 0.2) is 0 Å². The molecule has 2 aliphatic heterocycles. The molecule has 0 bridgehead atoms. The van der Waals surface area contributed by atoms with E-state index in [2.05, 4.69) is 44.0 Å². The Balaban J connectivity index is 1.85. The van der Waals surface area contributed by atoms with Gasteiger partial charge in [-0.2, -0.15) is 0 Å². The van der Waals surface area contributed by atoms with E-state index in [0.29, 0.717) is 12.0 Å². The van der Waals surface area contributed by atoms with Crippen LogP contribution >= 0.6 is 0 Å². The van der Waals surface area contributed by atoms with Gasteiger partial charge in [-0.25, -0.2) is 0 Å². The predicted molar refractivity (Wildman–Crippen MR) is 82.0 cm³/mol. The summed E-state index contributed by atoms with van der Waals surface area (Å²) in [4.78, 5) is 2.42. The van der Waals surface area contributed by atoms with E-state index < -0.39 is 0 Å². The first kappa shape index (κ1) is 13.9. The van der Waals surface area contributed by atoms with Crippen molar-refractivity contribution in [1.82, 2.24) is 4.90 Å². The zero-order valence-electron chi connectivity index (χ0n) is 12.9. The molecular formula is C17H26N2O. The molecule has 3 heteroatoms. The van der Waals surface area contributed by atoms with E-state index in [1.807, 2.05) is 0 Å². The average Bonchev–Trinajstić information content (AvgIpc) is 2.78. The molecule has 0 aliphatic carbocycles. The number of fused-ring (bicyclic) bond motifs is 1. The number of likely N-dealkylation sites (tertiary alicyclic amines) is 1. The van der Waals surface area contributed by atoms with Gasteiger partial charge >= 0.3 is 0 Å². The zero-order chi connectivity index (χ0) is 14.3. The first-order valence-electron chi connectivity index (χ1n) is 7.70. The summed E-state index contributed by atoms with van der Waals surface area (Å²) in [6, 6.07) is 7.28. The van der Waals surface area contributed by atoms with Crippen molar-refractivity contribution in [3.05, 3.63) is 29.3 Å². The van der Waals surface area contributed by atoms with Crippen LogP contribution in [0.1, 0.15) is 43.9 Å². The molecule has 2 aliphatic rings. The molecule has 20 heavy (non-hydrogen) atoms. The Bertz CT molecular complexity index is 498. The first-order chi connectivity index (χ1) is 9.48. The van der Waals surface area contributed by atoms with Crippen molar-refractivity contribution in [2.45, 2.75) is 44.8 Å². The molecule has 0 spiro atoms. The quantitative estimate of drug-likeness (QED) is 0.901. The molecule has 0 radical (unpaired) electrons. The molecule has 3 rings (SSSR count). The summed E-state index contributed by atoms with van der Waals surface area (Å²) < 4.78 is 6.16. The third kappa shape index (κ3) is 2.57. The Morgan fingerprint density at radius 1 is 1.40 bits per heavy atom. The van der Waals surface area contributed by atoms with Crippen molar-refractivity contribution in [2.75, 3.05) is 20.1 Å². The Hall–Kier alpha value is -1.06. The summed E-state index contributed by atoms with van der Waals surface area (Å²) in [6.45, 7) is 6.24. The largest absolute Gasteiger partial charge is 0.488 e. The van der Waals surface area contributed by atoms with Crippen LogP contribution in [0.25, 0.3) is 0 Å². The summed E-state index contributed by atoms with van der Waals surface area (Å²) in [7, 11) is 2.20. The number of aryl methyl sites for hydroxylation is 1. The third-order valence-corrected chi connectivity index (χ3v) is 4.83. The van der Waals surface area contributed by atoms with E-state index in [9.17, 15) is 0 Å². The van der Waals surface area contributed by atoms with Gasteiger partial charge in [-0.15, -0.1) is 0 Å². The minimum Gasteiger partial charge on any atom is -0.488 e. The monoisotopic (exact) mass is 274 g/mol. The predicted octanol–water partition coefficient (Wildman–Crippen LogP) is 2.74. The minimum absolute atomic E-state index is 0.0347. The average molecular weight is 274 g/mol. The topological polar surface area (TPSA) is 38.5 Å². The molecule has 0 amide bonds. The lowest BCUT2D eigenvalue weighted by molar-refractivity contribution is 0.0844. The van der Waals surface area contributed by atoms with Crippen LogP contribution in [-0.2, 0) is 6.42 Å². The molecular weight excluding hydrogens is 248 g/mol. The lowest BCUT2D eigenvalue weighted by atomic mass is 9.92. The van der Waals surface area contributed by atoms with Gasteiger partial charge in [0.1, 0.15) is 11.4 Å². The maximum atomic E-state index is 6.16. The lowest BCUT2D eigenvalue weighted by Gasteiger charge is -2.33. The summed E-state index contributed by atoms with van der Waals surface area (Å²) in [5.74, 6) is 1.71. The van der Waals surface area contributed by atoms with E-state index >= 15 is 0 Å². The molecule has 1 aromatic carbocycles. The van der Waals surface area contributed by atoms with Gasteiger partial charge in [-0.1, -0.05) is 12.1 Å². The van der Waals surface area contributed by atoms with Crippen molar-refractivity contribution >= 4 is 0 Å². The molecule has 3 nitrogen and oxygen atoms in total. The van der Waals surface area contributed by atoms with Crippen molar-refractivity contribution < 1.29 is 4.74 Å². The van der Waals surface area contributed by atoms with E-state index in [-0.39, 0.29) is 5.60 Å². The van der Waals surface area contributed by atoms with Crippen LogP contribution in [0.2, 0.25) is 0 Å². The van der Waals surface area contributed by atoms with Crippen LogP contribution in [0, 0.1) is 5.92 Å². The molecule has 1 fully saturated rings. The second-order valence-electron chi connectivity index (χ2n) is 7.02. The number of nitrogens with two attached hydrogens (primary N) is 1. The Kier molecular flexibility index (Phi) is 3.51. The van der Waals surface area contributed by atoms with Crippen molar-refractivity contribution in [3.8, 4) is 5.75 Å². The standard InChI is InChI=1S/C17H26N2O/c1-17(2)7-6-13-4-5-14(9-16(13)20-17)15-8-12(10-18)11-19(15)3/h4-5,9,12,15H,6-8,10-11,18H2,1-3H3. The third-order valence-electron chi connectivity index (χ3n) is 4.83. The smallest absolute Gasteiger partial charge is 0.123 e. The molecule has 1 saturated heterocycles. The number of ether oxygens (including phenoxy) is 1. The second-order valence-corrected chi connectivity index (χ2v) is 7.02. The maximum Gasteiger partial charge on any atom is 0.123 e. The highest BCUT2D eigenvalue weighted by Crippen LogP contribution is 2.39. The Labute approximate surface area is 122 Å². The maximum absolute atomic E-state index is 6.16. The van der Waals surface area contributed by atoms with Crippen LogP contribution in [0.4, 0.5) is 0 Å². The number of hydrogen-bond donors (Lipinski definition) is 1. The number of benzene rings is 1. The van der Waals surface area contributed by atoms with Crippen LogP contribution in [0.5, 0.6) is 5.75 Å². The zero-order valence-corrected chi connectivity index (χ0v) is 12.9. The molecule has 110 valence electrons. The van der Waals surface area contributed by atoms with Crippen molar-refractivity contribution in [1.29, 1.82) is 0 Å². The highest BCUT2D eigenvalue weighted by Gasteiger charge is 2.31. The lowest BCUT2D eigenvalue weighted by Crippen LogP contribution is -2.32. The van der Waals surface area contributed by atoms with E-state index in [4.69, 9.17) is 10.5 Å². The van der Waals surface area contributed by atoms with Gasteiger partial charge in [0.2, 0.25) is 0 Å². The summed E-state index contributed by atoms with van der Waals surface area (Å²) in [6.07, 6.45) is 3.38. The van der Waals surface area contributed by atoms with Crippen LogP contribution < -0.4 is 10.5 Å². The Morgan fingerprint density at radius 3 is 2.90 bits per heavy atom. The van der Waals surface area contributed by atoms with Gasteiger partial charge in [0.25, 0.3) is 0 Å². The van der Waals surface area contributed by atoms with Gasteiger partial charge in [0, 0.05) is 12.6 Å². The molecule has 2 heterocycles. The number of hydrogen-bond acceptors (Lipinski definition) is 3. The first-order valence-corrected chi connectivity index (χ1v) is 7.70.